The summed E-state index contributed by atoms with van der Waals surface area (Å²) >= 11 is 12.6. The molecule has 8 nitrogen and oxygen atoms in total. The molecule has 2 aliphatic carbocycles. The highest BCUT2D eigenvalue weighted by molar-refractivity contribution is 7.90. The number of nitrogens with zero attached hydrogens (tertiary/aromatic N) is 1. The summed E-state index contributed by atoms with van der Waals surface area (Å²) in [5, 5.41) is 0.906. The zero-order valence-corrected chi connectivity index (χ0v) is 26.3. The first kappa shape index (κ1) is 31.9. The summed E-state index contributed by atoms with van der Waals surface area (Å²) in [5.41, 5.74) is 6.34. The van der Waals surface area contributed by atoms with Crippen LogP contribution in [0.2, 0.25) is 10.0 Å². The van der Waals surface area contributed by atoms with E-state index < -0.39 is 74.5 Å². The number of hydrogen-bond donors (Lipinski definition) is 2. The molecule has 45 heavy (non-hydrogen) atoms. The fourth-order valence-electron chi connectivity index (χ4n) is 6.39. The molecule has 3 aromatic carbocycles. The van der Waals surface area contributed by atoms with E-state index >= 15 is 0 Å². The first-order valence-electron chi connectivity index (χ1n) is 14.6. The van der Waals surface area contributed by atoms with Gasteiger partial charge in [0, 0.05) is 28.2 Å². The van der Waals surface area contributed by atoms with E-state index in [0.29, 0.717) is 21.2 Å². The van der Waals surface area contributed by atoms with Gasteiger partial charge in [0.1, 0.15) is 28.6 Å². The Morgan fingerprint density at radius 3 is 2.22 bits per heavy atom. The highest BCUT2D eigenvalue weighted by Crippen LogP contribution is 2.54. The van der Waals surface area contributed by atoms with Crippen molar-refractivity contribution in [1.82, 2.24) is 9.62 Å². The zero-order chi connectivity index (χ0) is 32.1. The summed E-state index contributed by atoms with van der Waals surface area (Å²) in [6.07, 6.45) is -0.897. The van der Waals surface area contributed by atoms with Gasteiger partial charge in [-0.2, -0.15) is 0 Å². The lowest BCUT2D eigenvalue weighted by molar-refractivity contribution is -0.181. The van der Waals surface area contributed by atoms with E-state index in [2.05, 4.69) is 4.72 Å². The van der Waals surface area contributed by atoms with Crippen molar-refractivity contribution >= 4 is 45.0 Å². The van der Waals surface area contributed by atoms with E-state index in [4.69, 9.17) is 33.7 Å². The number of halogens is 4. The Morgan fingerprint density at radius 2 is 1.64 bits per heavy atom. The molecular weight excluding hydrogens is 647 g/mol. The first-order valence-corrected chi connectivity index (χ1v) is 16.9. The van der Waals surface area contributed by atoms with Gasteiger partial charge in [-0.15, -0.1) is 0 Å². The third-order valence-electron chi connectivity index (χ3n) is 8.85. The molecule has 6 rings (SSSR count). The van der Waals surface area contributed by atoms with Gasteiger partial charge in [-0.1, -0.05) is 53.5 Å². The number of sulfonamides is 1. The lowest BCUT2D eigenvalue weighted by Crippen LogP contribution is -2.58. The third-order valence-corrected chi connectivity index (χ3v) is 11.5. The predicted molar refractivity (Wildman–Crippen MR) is 165 cm³/mol. The molecule has 0 unspecified atom stereocenters. The van der Waals surface area contributed by atoms with E-state index in [-0.39, 0.29) is 25.3 Å². The van der Waals surface area contributed by atoms with Gasteiger partial charge in [0.2, 0.25) is 15.9 Å². The quantitative estimate of drug-likeness (QED) is 0.276. The van der Waals surface area contributed by atoms with Gasteiger partial charge >= 0.3 is 0 Å². The van der Waals surface area contributed by atoms with E-state index in [1.165, 1.54) is 6.07 Å². The minimum Gasteiger partial charge on any atom is -0.370 e. The van der Waals surface area contributed by atoms with Crippen LogP contribution >= 0.6 is 23.2 Å². The molecule has 0 aromatic heterocycles. The standard InChI is InChI=1S/C32H31Cl2F2N3O5S/c33-21-11-9-19(10-12-21)29-30(20-3-1-4-22(34)15-20)44-26(16-27(37)40)31(41)39(29)25(18-7-8-18)17-38-45(42,43)32(13-14-32)28-23(35)5-2-6-24(28)36/h1-6,9-12,15,18,25-26,29-30,38H,7-8,13-14,16-17H2,(H2,37,40)/t25-,26-,29-,30-/m1/s1. The summed E-state index contributed by atoms with van der Waals surface area (Å²) in [6.45, 7) is -0.216. The number of ether oxygens (including phenoxy) is 1. The van der Waals surface area contributed by atoms with Crippen LogP contribution in [0, 0.1) is 17.6 Å². The molecular formula is C32H31Cl2F2N3O5S. The number of benzene rings is 3. The van der Waals surface area contributed by atoms with Crippen molar-refractivity contribution in [3.8, 4) is 0 Å². The molecule has 1 aliphatic heterocycles. The van der Waals surface area contributed by atoms with Crippen molar-refractivity contribution in [2.45, 2.75) is 61.1 Å². The second kappa shape index (κ2) is 12.3. The normalized spacial score (nSPS) is 23.5. The fraction of sp³-hybridized carbons (Fsp3) is 0.375. The second-order valence-corrected chi connectivity index (χ2v) is 14.8. The Balaban J connectivity index is 1.41. The Kier molecular flexibility index (Phi) is 8.68. The number of carbonyl (C=O) groups is 2. The average Bonchev–Trinajstić information content (AvgIpc) is 3.91. The monoisotopic (exact) mass is 677 g/mol. The summed E-state index contributed by atoms with van der Waals surface area (Å²) in [7, 11) is -4.30. The Bertz CT molecular complexity index is 1710. The molecule has 0 radical (unpaired) electrons. The molecule has 3 fully saturated rings. The number of amides is 2. The van der Waals surface area contributed by atoms with Crippen molar-refractivity contribution in [3.05, 3.63) is 105 Å². The maximum Gasteiger partial charge on any atom is 0.253 e. The Morgan fingerprint density at radius 1 is 1.00 bits per heavy atom. The molecule has 3 N–H and O–H groups in total. The Hall–Kier alpha value is -3.09. The molecule has 3 aromatic rings. The zero-order valence-electron chi connectivity index (χ0n) is 24.0. The summed E-state index contributed by atoms with van der Waals surface area (Å²) < 4.78 is 64.3. The van der Waals surface area contributed by atoms with Crippen LogP contribution in [0.15, 0.2) is 66.7 Å². The molecule has 1 saturated heterocycles. The van der Waals surface area contributed by atoms with Gasteiger partial charge in [-0.3, -0.25) is 9.59 Å². The van der Waals surface area contributed by atoms with E-state index in [1.54, 1.807) is 53.4 Å². The summed E-state index contributed by atoms with van der Waals surface area (Å²) in [5.74, 6) is -3.21. The average molecular weight is 679 g/mol. The molecule has 1 heterocycles. The number of nitrogens with two attached hydrogens (primary N) is 1. The maximum absolute atomic E-state index is 14.8. The Labute approximate surface area is 269 Å². The number of hydrogen-bond acceptors (Lipinski definition) is 5. The third kappa shape index (κ3) is 6.20. The highest BCUT2D eigenvalue weighted by atomic mass is 35.5. The van der Waals surface area contributed by atoms with Gasteiger partial charge < -0.3 is 15.4 Å². The van der Waals surface area contributed by atoms with E-state index in [9.17, 15) is 26.8 Å². The predicted octanol–water partition coefficient (Wildman–Crippen LogP) is 5.54. The SMILES string of the molecule is NC(=O)C[C@H]1O[C@H](c2cccc(Cl)c2)[C@@H](c2ccc(Cl)cc2)N([C@H](CNS(=O)(=O)C2(c3c(F)cccc3F)CC2)C2CC2)C1=O. The highest BCUT2D eigenvalue weighted by Gasteiger charge is 2.59. The van der Waals surface area contributed by atoms with Crippen LogP contribution in [0.3, 0.4) is 0 Å². The van der Waals surface area contributed by atoms with Crippen molar-refractivity contribution < 1.29 is 31.5 Å². The van der Waals surface area contributed by atoms with Gasteiger partial charge in [0.15, 0.2) is 0 Å². The molecule has 238 valence electrons. The maximum atomic E-state index is 14.8. The summed E-state index contributed by atoms with van der Waals surface area (Å²) in [6, 6.07) is 15.6. The molecule has 3 aliphatic rings. The van der Waals surface area contributed by atoms with E-state index in [0.717, 1.165) is 25.0 Å². The molecule has 0 bridgehead atoms. The van der Waals surface area contributed by atoms with Crippen molar-refractivity contribution in [3.63, 3.8) is 0 Å². The topological polar surface area (TPSA) is 119 Å². The second-order valence-electron chi connectivity index (χ2n) is 11.9. The smallest absolute Gasteiger partial charge is 0.253 e. The number of rotatable bonds is 11. The van der Waals surface area contributed by atoms with Crippen LogP contribution in [0.1, 0.15) is 60.9 Å². The van der Waals surface area contributed by atoms with Gasteiger partial charge in [0.05, 0.1) is 12.5 Å². The van der Waals surface area contributed by atoms with Crippen LogP contribution in [0.25, 0.3) is 0 Å². The van der Waals surface area contributed by atoms with Crippen LogP contribution in [-0.4, -0.2) is 43.8 Å². The molecule has 2 saturated carbocycles. The molecule has 0 spiro atoms. The van der Waals surface area contributed by atoms with Gasteiger partial charge in [-0.25, -0.2) is 21.9 Å². The van der Waals surface area contributed by atoms with Crippen LogP contribution in [-0.2, 0) is 29.1 Å². The number of carbonyl (C=O) groups excluding carboxylic acids is 2. The van der Waals surface area contributed by atoms with Crippen molar-refractivity contribution in [2.75, 3.05) is 6.54 Å². The fourth-order valence-corrected chi connectivity index (χ4v) is 8.49. The molecule has 2 amide bonds. The van der Waals surface area contributed by atoms with Crippen LogP contribution in [0.5, 0.6) is 0 Å². The van der Waals surface area contributed by atoms with Crippen LogP contribution < -0.4 is 10.5 Å². The molecule has 13 heteroatoms. The minimum atomic E-state index is -4.30. The minimum absolute atomic E-state index is 0.0513. The number of nitrogens with one attached hydrogen (secondary N) is 1. The van der Waals surface area contributed by atoms with E-state index in [1.807, 2.05) is 0 Å². The number of morpholine rings is 1. The molecule has 4 atom stereocenters. The van der Waals surface area contributed by atoms with Crippen molar-refractivity contribution in [1.29, 1.82) is 0 Å². The van der Waals surface area contributed by atoms with Gasteiger partial charge in [0.25, 0.3) is 5.91 Å². The summed E-state index contributed by atoms with van der Waals surface area (Å²) in [4.78, 5) is 27.9. The van der Waals surface area contributed by atoms with Crippen LogP contribution in [0.4, 0.5) is 8.78 Å². The lowest BCUT2D eigenvalue weighted by atomic mass is 9.89. The largest absolute Gasteiger partial charge is 0.370 e. The number of primary amides is 1. The lowest BCUT2D eigenvalue weighted by Gasteiger charge is -2.48. The van der Waals surface area contributed by atoms with Gasteiger partial charge in [-0.05, 0) is 79.1 Å². The van der Waals surface area contributed by atoms with Crippen molar-refractivity contribution in [2.24, 2.45) is 11.7 Å². The first-order chi connectivity index (χ1) is 21.4.